The van der Waals surface area contributed by atoms with Crippen molar-refractivity contribution < 1.29 is 14.3 Å². The van der Waals surface area contributed by atoms with Crippen LogP contribution in [0.5, 0.6) is 11.5 Å². The van der Waals surface area contributed by atoms with Gasteiger partial charge in [-0.15, -0.1) is 0 Å². The lowest BCUT2D eigenvalue weighted by Gasteiger charge is -2.35. The van der Waals surface area contributed by atoms with Crippen molar-refractivity contribution in [1.82, 2.24) is 9.80 Å². The van der Waals surface area contributed by atoms with Crippen LogP contribution in [0.1, 0.15) is 28.4 Å². The van der Waals surface area contributed by atoms with Crippen molar-refractivity contribution in [3.05, 3.63) is 120 Å². The van der Waals surface area contributed by atoms with Crippen molar-refractivity contribution in [3.63, 3.8) is 0 Å². The van der Waals surface area contributed by atoms with Gasteiger partial charge in [-0.05, 0) is 53.9 Å². The van der Waals surface area contributed by atoms with E-state index in [2.05, 4.69) is 53.4 Å². The molecule has 0 aliphatic carbocycles. The second-order valence-electron chi connectivity index (χ2n) is 9.49. The highest BCUT2D eigenvalue weighted by Crippen LogP contribution is 2.26. The Balaban J connectivity index is 1.22. The SMILES string of the molecule is CCOc1ccc(C(=O)N2CCN(Cc3ccccc3)CC2)cc1COc1ccc(-c2ccccc2)cc1. The molecule has 0 saturated carbocycles. The van der Waals surface area contributed by atoms with Crippen molar-refractivity contribution in [2.45, 2.75) is 20.1 Å². The van der Waals surface area contributed by atoms with Crippen LogP contribution in [0.2, 0.25) is 0 Å². The lowest BCUT2D eigenvalue weighted by atomic mass is 10.1. The van der Waals surface area contributed by atoms with Gasteiger partial charge >= 0.3 is 0 Å². The third kappa shape index (κ3) is 6.42. The summed E-state index contributed by atoms with van der Waals surface area (Å²) >= 11 is 0. The standard InChI is InChI=1S/C33H34N2O3/c1-2-37-32-18-15-29(33(36)35-21-19-34(20-22-35)24-26-9-5-3-6-10-26)23-30(32)25-38-31-16-13-28(14-17-31)27-11-7-4-8-12-27/h3-18,23H,2,19-22,24-25H2,1H3. The number of rotatable bonds is 9. The lowest BCUT2D eigenvalue weighted by molar-refractivity contribution is 0.0628. The van der Waals surface area contributed by atoms with Gasteiger partial charge in [-0.2, -0.15) is 0 Å². The minimum atomic E-state index is 0.0564. The molecule has 38 heavy (non-hydrogen) atoms. The number of hydrogen-bond acceptors (Lipinski definition) is 4. The van der Waals surface area contributed by atoms with Crippen LogP contribution in [0.25, 0.3) is 11.1 Å². The molecule has 194 valence electrons. The molecule has 1 amide bonds. The van der Waals surface area contributed by atoms with E-state index in [9.17, 15) is 4.79 Å². The highest BCUT2D eigenvalue weighted by atomic mass is 16.5. The van der Waals surface area contributed by atoms with E-state index in [-0.39, 0.29) is 5.91 Å². The van der Waals surface area contributed by atoms with Crippen LogP contribution in [0, 0.1) is 0 Å². The van der Waals surface area contributed by atoms with Crippen molar-refractivity contribution in [3.8, 4) is 22.6 Å². The summed E-state index contributed by atoms with van der Waals surface area (Å²) in [6.45, 7) is 6.93. The number of carbonyl (C=O) groups excluding carboxylic acids is 1. The fraction of sp³-hybridized carbons (Fsp3) is 0.242. The Morgan fingerprint density at radius 3 is 2.08 bits per heavy atom. The Labute approximate surface area is 225 Å². The van der Waals surface area contributed by atoms with Crippen molar-refractivity contribution >= 4 is 5.91 Å². The van der Waals surface area contributed by atoms with E-state index in [1.165, 1.54) is 11.1 Å². The first kappa shape index (κ1) is 25.6. The van der Waals surface area contributed by atoms with E-state index in [0.29, 0.717) is 18.8 Å². The predicted octanol–water partition coefficient (Wildman–Crippen LogP) is 6.29. The molecule has 0 N–H and O–H groups in total. The average Bonchev–Trinajstić information content (AvgIpc) is 2.98. The Kier molecular flexibility index (Phi) is 8.36. The maximum atomic E-state index is 13.4. The molecule has 1 heterocycles. The van der Waals surface area contributed by atoms with E-state index in [0.717, 1.165) is 55.3 Å². The second-order valence-corrected chi connectivity index (χ2v) is 9.49. The molecule has 0 spiro atoms. The second kappa shape index (κ2) is 12.4. The van der Waals surface area contributed by atoms with Gasteiger partial charge in [0.15, 0.2) is 0 Å². The predicted molar refractivity (Wildman–Crippen MR) is 151 cm³/mol. The molecular formula is C33H34N2O3. The summed E-state index contributed by atoms with van der Waals surface area (Å²) in [5.74, 6) is 1.58. The minimum Gasteiger partial charge on any atom is -0.493 e. The summed E-state index contributed by atoms with van der Waals surface area (Å²) in [5.41, 5.74) is 5.16. The molecule has 1 aliphatic heterocycles. The third-order valence-electron chi connectivity index (χ3n) is 6.87. The molecule has 0 unspecified atom stereocenters. The highest BCUT2D eigenvalue weighted by Gasteiger charge is 2.23. The van der Waals surface area contributed by atoms with Crippen LogP contribution in [0.4, 0.5) is 0 Å². The topological polar surface area (TPSA) is 42.0 Å². The number of amides is 1. The molecule has 1 saturated heterocycles. The van der Waals surface area contributed by atoms with E-state index >= 15 is 0 Å². The van der Waals surface area contributed by atoms with Gasteiger partial charge in [-0.25, -0.2) is 0 Å². The number of piperazine rings is 1. The summed E-state index contributed by atoms with van der Waals surface area (Å²) in [6, 6.07) is 34.5. The number of carbonyl (C=O) groups is 1. The maximum Gasteiger partial charge on any atom is 0.253 e. The van der Waals surface area contributed by atoms with Crippen LogP contribution < -0.4 is 9.47 Å². The first-order chi connectivity index (χ1) is 18.7. The quantitative estimate of drug-likeness (QED) is 0.268. The van der Waals surface area contributed by atoms with Crippen molar-refractivity contribution in [1.29, 1.82) is 0 Å². The fourth-order valence-electron chi connectivity index (χ4n) is 4.79. The summed E-state index contributed by atoms with van der Waals surface area (Å²) < 4.78 is 12.0. The van der Waals surface area contributed by atoms with E-state index < -0.39 is 0 Å². The normalized spacial score (nSPS) is 13.8. The number of nitrogens with zero attached hydrogens (tertiary/aromatic N) is 2. The monoisotopic (exact) mass is 506 g/mol. The summed E-state index contributed by atoms with van der Waals surface area (Å²) in [5, 5.41) is 0. The molecule has 0 atom stereocenters. The van der Waals surface area contributed by atoms with Gasteiger partial charge in [0, 0.05) is 43.9 Å². The van der Waals surface area contributed by atoms with Gasteiger partial charge in [0.1, 0.15) is 18.1 Å². The summed E-state index contributed by atoms with van der Waals surface area (Å²) in [7, 11) is 0. The van der Waals surface area contributed by atoms with Gasteiger partial charge in [0.2, 0.25) is 0 Å². The molecule has 1 fully saturated rings. The molecule has 5 nitrogen and oxygen atoms in total. The minimum absolute atomic E-state index is 0.0564. The first-order valence-electron chi connectivity index (χ1n) is 13.3. The third-order valence-corrected chi connectivity index (χ3v) is 6.87. The van der Waals surface area contributed by atoms with Crippen LogP contribution in [-0.4, -0.2) is 48.5 Å². The zero-order valence-corrected chi connectivity index (χ0v) is 21.9. The molecule has 5 rings (SSSR count). The summed E-state index contributed by atoms with van der Waals surface area (Å²) in [6.07, 6.45) is 0. The van der Waals surface area contributed by atoms with E-state index in [1.54, 1.807) is 0 Å². The highest BCUT2D eigenvalue weighted by molar-refractivity contribution is 5.94. The van der Waals surface area contributed by atoms with Crippen LogP contribution >= 0.6 is 0 Å². The smallest absolute Gasteiger partial charge is 0.253 e. The molecule has 4 aromatic rings. The summed E-state index contributed by atoms with van der Waals surface area (Å²) in [4.78, 5) is 17.7. The molecule has 4 aromatic carbocycles. The van der Waals surface area contributed by atoms with Crippen LogP contribution in [-0.2, 0) is 13.2 Å². The average molecular weight is 507 g/mol. The van der Waals surface area contributed by atoms with Gasteiger partial charge in [-0.1, -0.05) is 72.8 Å². The van der Waals surface area contributed by atoms with Gasteiger partial charge in [0.25, 0.3) is 5.91 Å². The van der Waals surface area contributed by atoms with Crippen LogP contribution in [0.3, 0.4) is 0 Å². The molecule has 0 aromatic heterocycles. The van der Waals surface area contributed by atoms with Gasteiger partial charge < -0.3 is 14.4 Å². The zero-order chi connectivity index (χ0) is 26.2. The lowest BCUT2D eigenvalue weighted by Crippen LogP contribution is -2.48. The fourth-order valence-corrected chi connectivity index (χ4v) is 4.79. The molecule has 0 radical (unpaired) electrons. The van der Waals surface area contributed by atoms with Crippen molar-refractivity contribution in [2.75, 3.05) is 32.8 Å². The first-order valence-corrected chi connectivity index (χ1v) is 13.3. The zero-order valence-electron chi connectivity index (χ0n) is 21.9. The van der Waals surface area contributed by atoms with Gasteiger partial charge in [-0.3, -0.25) is 9.69 Å². The molecular weight excluding hydrogens is 472 g/mol. The molecule has 0 bridgehead atoms. The van der Waals surface area contributed by atoms with Crippen molar-refractivity contribution in [2.24, 2.45) is 0 Å². The molecule has 1 aliphatic rings. The molecule has 5 heteroatoms. The Morgan fingerprint density at radius 1 is 0.737 bits per heavy atom. The Hall–Kier alpha value is -4.09. The number of ether oxygens (including phenoxy) is 2. The number of hydrogen-bond donors (Lipinski definition) is 0. The Morgan fingerprint density at radius 2 is 1.39 bits per heavy atom. The van der Waals surface area contributed by atoms with Crippen LogP contribution in [0.15, 0.2) is 103 Å². The number of benzene rings is 4. The Bertz CT molecular complexity index is 1320. The van der Waals surface area contributed by atoms with Gasteiger partial charge in [0.05, 0.1) is 6.61 Å². The van der Waals surface area contributed by atoms with E-state index in [4.69, 9.17) is 9.47 Å². The largest absolute Gasteiger partial charge is 0.493 e. The maximum absolute atomic E-state index is 13.4. The van der Waals surface area contributed by atoms with E-state index in [1.807, 2.05) is 66.4 Å².